The molecule has 0 aliphatic heterocycles. The Hall–Kier alpha value is -2.97. The van der Waals surface area contributed by atoms with E-state index in [4.69, 9.17) is 10.2 Å². The van der Waals surface area contributed by atoms with Crippen LogP contribution in [0, 0.1) is 0 Å². The van der Waals surface area contributed by atoms with Crippen LogP contribution in [0.3, 0.4) is 0 Å². The molecule has 0 saturated heterocycles. The van der Waals surface area contributed by atoms with Crippen LogP contribution in [-0.2, 0) is 39.0 Å². The number of nitrogens with one attached hydrogen (secondary N) is 1. The van der Waals surface area contributed by atoms with Crippen molar-refractivity contribution in [3.05, 3.63) is 82.9 Å². The highest BCUT2D eigenvalue weighted by Gasteiger charge is 2.20. The Kier molecular flexibility index (Phi) is 11.0. The maximum atomic E-state index is 11.9. The number of hydrogen-bond acceptors (Lipinski definition) is 4. The molecular formula is C26H33NO6S. The van der Waals surface area contributed by atoms with E-state index in [1.807, 2.05) is 6.92 Å². The summed E-state index contributed by atoms with van der Waals surface area (Å²) in [5.41, 5.74) is 5.28. The fraction of sp³-hybridized carbons (Fsp3) is 0.385. The van der Waals surface area contributed by atoms with Crippen molar-refractivity contribution in [1.29, 1.82) is 0 Å². The first kappa shape index (κ1) is 27.3. The SMILES string of the molecule is CCCS(=O)(=O)NCc1ccc2c(c1)C(Cc1ccccc1)CCCC2.O=C(O)/C=C/C(=O)O. The highest BCUT2D eigenvalue weighted by Crippen LogP contribution is 2.33. The van der Waals surface area contributed by atoms with E-state index < -0.39 is 22.0 Å². The number of aryl methyl sites for hydroxylation is 1. The van der Waals surface area contributed by atoms with E-state index >= 15 is 0 Å². The minimum Gasteiger partial charge on any atom is -0.478 e. The third kappa shape index (κ3) is 9.89. The lowest BCUT2D eigenvalue weighted by Gasteiger charge is -2.19. The van der Waals surface area contributed by atoms with Gasteiger partial charge in [0.15, 0.2) is 0 Å². The number of aliphatic carboxylic acids is 2. The molecular weight excluding hydrogens is 454 g/mol. The van der Waals surface area contributed by atoms with Gasteiger partial charge in [-0.2, -0.15) is 0 Å². The molecule has 2 aromatic carbocycles. The van der Waals surface area contributed by atoms with E-state index in [0.717, 1.165) is 18.4 Å². The predicted octanol–water partition coefficient (Wildman–Crippen LogP) is 4.28. The Morgan fingerprint density at radius 3 is 2.29 bits per heavy atom. The van der Waals surface area contributed by atoms with E-state index in [1.165, 1.54) is 36.0 Å². The van der Waals surface area contributed by atoms with Gasteiger partial charge in [-0.15, -0.1) is 0 Å². The largest absolute Gasteiger partial charge is 0.478 e. The first-order chi connectivity index (χ1) is 16.2. The van der Waals surface area contributed by atoms with Crippen LogP contribution < -0.4 is 4.72 Å². The lowest BCUT2D eigenvalue weighted by Crippen LogP contribution is -2.25. The molecule has 0 saturated carbocycles. The van der Waals surface area contributed by atoms with Crippen molar-refractivity contribution < 1.29 is 28.2 Å². The van der Waals surface area contributed by atoms with E-state index in [1.54, 1.807) is 0 Å². The van der Waals surface area contributed by atoms with Crippen LogP contribution in [0.15, 0.2) is 60.7 Å². The molecule has 7 nitrogen and oxygen atoms in total. The smallest absolute Gasteiger partial charge is 0.328 e. The zero-order chi connectivity index (χ0) is 25.0. The summed E-state index contributed by atoms with van der Waals surface area (Å²) in [5, 5.41) is 15.6. The predicted molar refractivity (Wildman–Crippen MR) is 132 cm³/mol. The fourth-order valence-electron chi connectivity index (χ4n) is 4.01. The van der Waals surface area contributed by atoms with Gasteiger partial charge in [0.2, 0.25) is 10.0 Å². The van der Waals surface area contributed by atoms with Gasteiger partial charge >= 0.3 is 11.9 Å². The van der Waals surface area contributed by atoms with Crippen molar-refractivity contribution in [2.45, 2.75) is 57.9 Å². The molecule has 0 radical (unpaired) electrons. The molecule has 0 heterocycles. The monoisotopic (exact) mass is 487 g/mol. The average Bonchev–Trinajstić information content (AvgIpc) is 2.99. The summed E-state index contributed by atoms with van der Waals surface area (Å²) < 4.78 is 26.6. The topological polar surface area (TPSA) is 121 Å². The van der Waals surface area contributed by atoms with Gasteiger partial charge in [-0.1, -0.05) is 61.9 Å². The minimum absolute atomic E-state index is 0.189. The molecule has 0 fully saturated rings. The molecule has 1 unspecified atom stereocenters. The molecule has 34 heavy (non-hydrogen) atoms. The number of benzene rings is 2. The summed E-state index contributed by atoms with van der Waals surface area (Å²) in [6.45, 7) is 2.27. The number of carboxylic acid groups (broad SMARTS) is 2. The van der Waals surface area contributed by atoms with Crippen molar-refractivity contribution in [2.75, 3.05) is 5.75 Å². The Bertz CT molecular complexity index is 1060. The maximum absolute atomic E-state index is 11.9. The normalized spacial score (nSPS) is 15.6. The number of sulfonamides is 1. The van der Waals surface area contributed by atoms with Crippen LogP contribution in [0.5, 0.6) is 0 Å². The van der Waals surface area contributed by atoms with Crippen LogP contribution in [0.2, 0.25) is 0 Å². The molecule has 8 heteroatoms. The Morgan fingerprint density at radius 1 is 1.00 bits per heavy atom. The number of carbonyl (C=O) groups is 2. The summed E-state index contributed by atoms with van der Waals surface area (Å²) in [6, 6.07) is 17.2. The van der Waals surface area contributed by atoms with E-state index in [0.29, 0.717) is 31.0 Å². The van der Waals surface area contributed by atoms with Gasteiger partial charge in [0.25, 0.3) is 0 Å². The van der Waals surface area contributed by atoms with Crippen LogP contribution in [0.25, 0.3) is 0 Å². The van der Waals surface area contributed by atoms with Crippen LogP contribution in [-0.4, -0.2) is 36.3 Å². The van der Waals surface area contributed by atoms with Crippen molar-refractivity contribution in [1.82, 2.24) is 4.72 Å². The molecule has 1 aliphatic carbocycles. The second-order valence-electron chi connectivity index (χ2n) is 8.32. The van der Waals surface area contributed by atoms with Crippen molar-refractivity contribution in [3.63, 3.8) is 0 Å². The summed E-state index contributed by atoms with van der Waals surface area (Å²) in [6.07, 6.45) is 7.63. The van der Waals surface area contributed by atoms with Crippen LogP contribution >= 0.6 is 0 Å². The molecule has 184 valence electrons. The molecule has 0 aromatic heterocycles. The molecule has 0 spiro atoms. The molecule has 3 rings (SSSR count). The quantitative estimate of drug-likeness (QED) is 0.359. The first-order valence-electron chi connectivity index (χ1n) is 11.5. The van der Waals surface area contributed by atoms with Crippen molar-refractivity contribution in [3.8, 4) is 0 Å². The number of hydrogen-bond donors (Lipinski definition) is 3. The molecule has 1 aliphatic rings. The Morgan fingerprint density at radius 2 is 1.68 bits per heavy atom. The summed E-state index contributed by atoms with van der Waals surface area (Å²) >= 11 is 0. The van der Waals surface area contributed by atoms with E-state index in [-0.39, 0.29) is 5.75 Å². The number of fused-ring (bicyclic) bond motifs is 1. The van der Waals surface area contributed by atoms with Crippen molar-refractivity contribution in [2.24, 2.45) is 0 Å². The van der Waals surface area contributed by atoms with Gasteiger partial charge in [-0.3, -0.25) is 0 Å². The Labute approximate surface area is 201 Å². The number of rotatable bonds is 9. The van der Waals surface area contributed by atoms with Gasteiger partial charge in [-0.25, -0.2) is 22.7 Å². The van der Waals surface area contributed by atoms with Crippen molar-refractivity contribution >= 4 is 22.0 Å². The molecule has 0 bridgehead atoms. The standard InChI is InChI=1S/C22H29NO2S.C4H4O4/c1-2-14-26(24,25)23-17-19-12-13-20-10-6-7-11-21(22(20)16-19)15-18-8-4-3-5-9-18;5-3(6)1-2-4(7)8/h3-5,8-9,12-13,16,21,23H,2,6-7,10-11,14-15,17H2,1H3;1-2H,(H,5,6)(H,7,8)/b;2-1+. The summed E-state index contributed by atoms with van der Waals surface area (Å²) in [4.78, 5) is 19.1. The third-order valence-electron chi connectivity index (χ3n) is 5.56. The second-order valence-corrected chi connectivity index (χ2v) is 10.2. The summed E-state index contributed by atoms with van der Waals surface area (Å²) in [5.74, 6) is -1.81. The zero-order valence-corrected chi connectivity index (χ0v) is 20.3. The lowest BCUT2D eigenvalue weighted by atomic mass is 9.86. The van der Waals surface area contributed by atoms with Gasteiger partial charge in [-0.05, 0) is 60.3 Å². The maximum Gasteiger partial charge on any atom is 0.328 e. The number of carboxylic acids is 2. The van der Waals surface area contributed by atoms with Crippen LogP contribution in [0.4, 0.5) is 0 Å². The minimum atomic E-state index is -3.17. The van der Waals surface area contributed by atoms with E-state index in [2.05, 4.69) is 53.3 Å². The van der Waals surface area contributed by atoms with Gasteiger partial charge in [0.05, 0.1) is 5.75 Å². The fourth-order valence-corrected chi connectivity index (χ4v) is 5.08. The second kappa shape index (κ2) is 13.7. The summed E-state index contributed by atoms with van der Waals surface area (Å²) in [7, 11) is -3.17. The lowest BCUT2D eigenvalue weighted by molar-refractivity contribution is -0.134. The highest BCUT2D eigenvalue weighted by molar-refractivity contribution is 7.89. The molecule has 2 aromatic rings. The molecule has 0 amide bonds. The molecule has 3 N–H and O–H groups in total. The zero-order valence-electron chi connectivity index (χ0n) is 19.4. The van der Waals surface area contributed by atoms with E-state index in [9.17, 15) is 18.0 Å². The third-order valence-corrected chi connectivity index (χ3v) is 7.09. The van der Waals surface area contributed by atoms with Crippen LogP contribution in [0.1, 0.15) is 60.8 Å². The highest BCUT2D eigenvalue weighted by atomic mass is 32.2. The van der Waals surface area contributed by atoms with Gasteiger partial charge < -0.3 is 10.2 Å². The first-order valence-corrected chi connectivity index (χ1v) is 13.1. The Balaban J connectivity index is 0.000000440. The van der Waals surface area contributed by atoms with Gasteiger partial charge in [0.1, 0.15) is 0 Å². The van der Waals surface area contributed by atoms with Gasteiger partial charge in [0, 0.05) is 18.7 Å². The molecule has 1 atom stereocenters. The average molecular weight is 488 g/mol.